The lowest BCUT2D eigenvalue weighted by Gasteiger charge is -2.17. The molecule has 1 aromatic carbocycles. The summed E-state index contributed by atoms with van der Waals surface area (Å²) in [5.74, 6) is 0.301. The predicted molar refractivity (Wildman–Crippen MR) is 68.0 cm³/mol. The molecule has 0 amide bonds. The summed E-state index contributed by atoms with van der Waals surface area (Å²) in [7, 11) is 3.29. The van der Waals surface area contributed by atoms with Gasteiger partial charge in [0.05, 0.1) is 18.4 Å². The summed E-state index contributed by atoms with van der Waals surface area (Å²) >= 11 is 0. The first-order valence-electron chi connectivity index (χ1n) is 5.59. The molecule has 0 aliphatic rings. The lowest BCUT2D eigenvalue weighted by molar-refractivity contribution is 0.0278. The van der Waals surface area contributed by atoms with Gasteiger partial charge in [-0.05, 0) is 11.1 Å². The number of anilines is 1. The van der Waals surface area contributed by atoms with E-state index in [1.54, 1.807) is 20.4 Å². The molecule has 0 aliphatic heterocycles. The summed E-state index contributed by atoms with van der Waals surface area (Å²) in [6.45, 7) is 0.471. The van der Waals surface area contributed by atoms with Crippen molar-refractivity contribution in [1.29, 1.82) is 0 Å². The van der Waals surface area contributed by atoms with E-state index in [4.69, 9.17) is 19.7 Å². The number of nitrogen functional groups attached to an aromatic ring is 1. The Bertz CT molecular complexity index is 510. The van der Waals surface area contributed by atoms with Gasteiger partial charge < -0.3 is 19.7 Å². The van der Waals surface area contributed by atoms with E-state index in [1.807, 2.05) is 24.3 Å². The van der Waals surface area contributed by atoms with E-state index in [0.717, 1.165) is 16.7 Å². The van der Waals surface area contributed by atoms with Crippen LogP contribution in [0.1, 0.15) is 11.7 Å². The Morgan fingerprint density at radius 2 is 2.06 bits per heavy atom. The van der Waals surface area contributed by atoms with Crippen LogP contribution in [0.2, 0.25) is 0 Å². The number of aromatic nitrogens is 1. The van der Waals surface area contributed by atoms with Crippen molar-refractivity contribution in [2.45, 2.75) is 6.10 Å². The molecule has 0 fully saturated rings. The molecule has 0 spiro atoms. The van der Waals surface area contributed by atoms with E-state index < -0.39 is 0 Å². The van der Waals surface area contributed by atoms with Crippen molar-refractivity contribution in [3.05, 3.63) is 36.0 Å². The average molecular weight is 248 g/mol. The zero-order valence-corrected chi connectivity index (χ0v) is 10.4. The van der Waals surface area contributed by atoms with Gasteiger partial charge in [0.1, 0.15) is 6.10 Å². The quantitative estimate of drug-likeness (QED) is 0.878. The highest BCUT2D eigenvalue weighted by molar-refractivity contribution is 5.74. The van der Waals surface area contributed by atoms with Crippen LogP contribution in [0.25, 0.3) is 11.1 Å². The zero-order valence-electron chi connectivity index (χ0n) is 10.4. The minimum absolute atomic E-state index is 0.152. The molecule has 5 heteroatoms. The Labute approximate surface area is 105 Å². The Hall–Kier alpha value is -1.85. The van der Waals surface area contributed by atoms with E-state index in [1.165, 1.54) is 0 Å². The molecule has 0 radical (unpaired) electrons. The van der Waals surface area contributed by atoms with Crippen molar-refractivity contribution in [1.82, 2.24) is 5.16 Å². The van der Waals surface area contributed by atoms with Crippen LogP contribution in [-0.4, -0.2) is 26.0 Å². The number of nitrogens with zero attached hydrogens (tertiary/aromatic N) is 1. The Balaban J connectivity index is 2.45. The lowest BCUT2D eigenvalue weighted by Crippen LogP contribution is -2.09. The third-order valence-electron chi connectivity index (χ3n) is 2.80. The monoisotopic (exact) mass is 248 g/mol. The molecule has 0 saturated heterocycles. The highest BCUT2D eigenvalue weighted by Crippen LogP contribution is 2.33. The lowest BCUT2D eigenvalue weighted by atomic mass is 9.98. The van der Waals surface area contributed by atoms with Crippen LogP contribution < -0.4 is 5.73 Å². The summed E-state index contributed by atoms with van der Waals surface area (Å²) in [5, 5.41) is 3.70. The van der Waals surface area contributed by atoms with Crippen molar-refractivity contribution in [2.75, 3.05) is 26.6 Å². The van der Waals surface area contributed by atoms with E-state index in [9.17, 15) is 0 Å². The first-order chi connectivity index (χ1) is 8.77. The molecule has 5 nitrogen and oxygen atoms in total. The molecular formula is C13H16N2O3. The normalized spacial score (nSPS) is 12.6. The average Bonchev–Trinajstić information content (AvgIpc) is 2.82. The maximum atomic E-state index is 5.76. The van der Waals surface area contributed by atoms with Crippen molar-refractivity contribution in [3.63, 3.8) is 0 Å². The molecular weight excluding hydrogens is 232 g/mol. The number of ether oxygens (including phenoxy) is 2. The molecule has 0 saturated carbocycles. The second kappa shape index (κ2) is 5.66. The van der Waals surface area contributed by atoms with Crippen LogP contribution in [0.4, 0.5) is 5.88 Å². The molecule has 0 bridgehead atoms. The first-order valence-corrected chi connectivity index (χ1v) is 5.59. The van der Waals surface area contributed by atoms with Crippen LogP contribution >= 0.6 is 0 Å². The molecule has 2 aromatic rings. The first kappa shape index (κ1) is 12.6. The maximum absolute atomic E-state index is 5.76. The van der Waals surface area contributed by atoms with Gasteiger partial charge in [0.15, 0.2) is 0 Å². The van der Waals surface area contributed by atoms with E-state index in [-0.39, 0.29) is 6.10 Å². The molecule has 1 atom stereocenters. The molecule has 1 heterocycles. The maximum Gasteiger partial charge on any atom is 0.229 e. The minimum Gasteiger partial charge on any atom is -0.382 e. The third kappa shape index (κ3) is 2.37. The van der Waals surface area contributed by atoms with Gasteiger partial charge in [-0.25, -0.2) is 0 Å². The molecule has 0 aliphatic carbocycles. The second-order valence-corrected chi connectivity index (χ2v) is 3.87. The number of hydrogen-bond donors (Lipinski definition) is 1. The van der Waals surface area contributed by atoms with Crippen molar-refractivity contribution in [2.24, 2.45) is 0 Å². The molecule has 18 heavy (non-hydrogen) atoms. The van der Waals surface area contributed by atoms with Crippen molar-refractivity contribution < 1.29 is 14.0 Å². The highest BCUT2D eigenvalue weighted by atomic mass is 16.5. The largest absolute Gasteiger partial charge is 0.382 e. The van der Waals surface area contributed by atoms with Crippen LogP contribution in [0.5, 0.6) is 0 Å². The summed E-state index contributed by atoms with van der Waals surface area (Å²) in [6, 6.07) is 7.82. The molecule has 96 valence electrons. The number of hydrogen-bond acceptors (Lipinski definition) is 5. The summed E-state index contributed by atoms with van der Waals surface area (Å²) in [5.41, 5.74) is 8.46. The van der Waals surface area contributed by atoms with Crippen LogP contribution in [0.3, 0.4) is 0 Å². The van der Waals surface area contributed by atoms with Crippen LogP contribution in [0.15, 0.2) is 35.0 Å². The SMILES string of the molecule is COCC(OC)c1ccccc1-c1cnoc1N. The number of benzene rings is 1. The highest BCUT2D eigenvalue weighted by Gasteiger charge is 2.18. The Morgan fingerprint density at radius 1 is 1.28 bits per heavy atom. The number of methoxy groups -OCH3 is 2. The van der Waals surface area contributed by atoms with E-state index >= 15 is 0 Å². The number of rotatable bonds is 5. The standard InChI is InChI=1S/C13H16N2O3/c1-16-8-12(17-2)10-6-4-3-5-9(10)11-7-15-18-13(11)14/h3-7,12H,8,14H2,1-2H3. The molecule has 2 N–H and O–H groups in total. The topological polar surface area (TPSA) is 70.5 Å². The predicted octanol–water partition coefficient (Wildman–Crippen LogP) is 2.26. The molecule has 1 unspecified atom stereocenters. The van der Waals surface area contributed by atoms with Gasteiger partial charge in [-0.2, -0.15) is 0 Å². The molecule has 2 rings (SSSR count). The molecule has 1 aromatic heterocycles. The van der Waals surface area contributed by atoms with Crippen molar-refractivity contribution in [3.8, 4) is 11.1 Å². The smallest absolute Gasteiger partial charge is 0.229 e. The summed E-state index contributed by atoms with van der Waals surface area (Å²) in [4.78, 5) is 0. The fourth-order valence-corrected chi connectivity index (χ4v) is 1.91. The Morgan fingerprint density at radius 3 is 2.67 bits per heavy atom. The fourth-order valence-electron chi connectivity index (χ4n) is 1.91. The fraction of sp³-hybridized carbons (Fsp3) is 0.308. The third-order valence-corrected chi connectivity index (χ3v) is 2.80. The van der Waals surface area contributed by atoms with Gasteiger partial charge in [-0.3, -0.25) is 0 Å². The van der Waals surface area contributed by atoms with Crippen LogP contribution in [-0.2, 0) is 9.47 Å². The van der Waals surface area contributed by atoms with Gasteiger partial charge in [-0.1, -0.05) is 29.4 Å². The minimum atomic E-state index is -0.152. The summed E-state index contributed by atoms with van der Waals surface area (Å²) in [6.07, 6.45) is 1.45. The Kier molecular flexibility index (Phi) is 3.96. The van der Waals surface area contributed by atoms with Crippen LogP contribution in [0, 0.1) is 0 Å². The van der Waals surface area contributed by atoms with E-state index in [0.29, 0.717) is 12.5 Å². The van der Waals surface area contributed by atoms with Gasteiger partial charge in [0.2, 0.25) is 5.88 Å². The van der Waals surface area contributed by atoms with E-state index in [2.05, 4.69) is 5.16 Å². The van der Waals surface area contributed by atoms with Gasteiger partial charge in [0.25, 0.3) is 0 Å². The van der Waals surface area contributed by atoms with Gasteiger partial charge >= 0.3 is 0 Å². The summed E-state index contributed by atoms with van der Waals surface area (Å²) < 4.78 is 15.5. The zero-order chi connectivity index (χ0) is 13.0. The van der Waals surface area contributed by atoms with Gasteiger partial charge in [-0.15, -0.1) is 0 Å². The van der Waals surface area contributed by atoms with Crippen molar-refractivity contribution >= 4 is 5.88 Å². The second-order valence-electron chi connectivity index (χ2n) is 3.87. The van der Waals surface area contributed by atoms with Gasteiger partial charge in [0, 0.05) is 14.2 Å². The number of nitrogens with two attached hydrogens (primary N) is 1.